The van der Waals surface area contributed by atoms with E-state index in [1.165, 1.54) is 0 Å². The van der Waals surface area contributed by atoms with Crippen LogP contribution in [0.5, 0.6) is 11.5 Å². The second-order valence-corrected chi connectivity index (χ2v) is 9.24. The molecule has 0 radical (unpaired) electrons. The van der Waals surface area contributed by atoms with Crippen LogP contribution in [0.2, 0.25) is 5.02 Å². The fourth-order valence-corrected chi connectivity index (χ4v) is 4.87. The molecule has 0 spiro atoms. The summed E-state index contributed by atoms with van der Waals surface area (Å²) in [4.78, 5) is 28.8. The molecule has 6 rings (SSSR count). The number of nitrogens with zero attached hydrogens (tertiary/aromatic N) is 1. The Bertz CT molecular complexity index is 1500. The van der Waals surface area contributed by atoms with Crippen molar-refractivity contribution in [3.8, 4) is 11.5 Å². The van der Waals surface area contributed by atoms with Crippen LogP contribution in [0.25, 0.3) is 11.0 Å². The quantitative estimate of drug-likeness (QED) is 0.345. The average molecular weight is 525 g/mol. The topological polar surface area (TPSA) is 69.0 Å². The number of halogens is 2. The summed E-state index contributed by atoms with van der Waals surface area (Å²) in [5.74, 6) is 1.02. The monoisotopic (exact) mass is 523 g/mol. The van der Waals surface area contributed by atoms with Crippen LogP contribution in [0.3, 0.4) is 0 Å². The first kappa shape index (κ1) is 20.3. The average Bonchev–Trinajstić information content (AvgIpc) is 3.38. The van der Waals surface area contributed by atoms with Crippen LogP contribution in [0, 0.1) is 0 Å². The van der Waals surface area contributed by atoms with Gasteiger partial charge in [-0.2, -0.15) is 0 Å². The first-order valence-electron chi connectivity index (χ1n) is 10.2. The van der Waals surface area contributed by atoms with Gasteiger partial charge in [0, 0.05) is 16.0 Å². The Balaban J connectivity index is 1.52. The molecule has 0 bridgehead atoms. The molecule has 0 N–H and O–H groups in total. The van der Waals surface area contributed by atoms with Gasteiger partial charge in [0.1, 0.15) is 5.58 Å². The molecular formula is C25H15BrClNO5. The zero-order valence-corrected chi connectivity index (χ0v) is 19.4. The molecule has 1 atom stereocenters. The number of hydrogen-bond acceptors (Lipinski definition) is 5. The molecule has 3 heterocycles. The van der Waals surface area contributed by atoms with Crippen molar-refractivity contribution < 1.29 is 18.7 Å². The van der Waals surface area contributed by atoms with E-state index in [0.29, 0.717) is 33.1 Å². The Labute approximate surface area is 201 Å². The van der Waals surface area contributed by atoms with Crippen molar-refractivity contribution in [1.29, 1.82) is 0 Å². The van der Waals surface area contributed by atoms with Crippen LogP contribution in [0.4, 0.5) is 0 Å². The molecule has 164 valence electrons. The molecule has 8 heteroatoms. The minimum absolute atomic E-state index is 0.0653. The van der Waals surface area contributed by atoms with Crippen molar-refractivity contribution in [3.63, 3.8) is 0 Å². The van der Waals surface area contributed by atoms with E-state index >= 15 is 0 Å². The van der Waals surface area contributed by atoms with E-state index in [9.17, 15) is 9.59 Å². The number of carbonyl (C=O) groups is 1. The standard InChI is InChI=1S/C25H15BrClNO5/c26-15-4-8-18-17(10-15)23(29)21-22(14-2-5-16(27)6-3-14)28(25(30)24(21)33-18)11-13-1-7-19-20(9-13)32-12-31-19/h1-10,22H,11-12H2/t22-/m1/s1. The Kier molecular flexibility index (Phi) is 4.71. The Morgan fingerprint density at radius 2 is 1.76 bits per heavy atom. The highest BCUT2D eigenvalue weighted by molar-refractivity contribution is 9.10. The molecular weight excluding hydrogens is 510 g/mol. The van der Waals surface area contributed by atoms with Gasteiger partial charge in [-0.15, -0.1) is 0 Å². The van der Waals surface area contributed by atoms with Gasteiger partial charge in [-0.25, -0.2) is 0 Å². The molecule has 33 heavy (non-hydrogen) atoms. The molecule has 2 aliphatic heterocycles. The fraction of sp³-hybridized carbons (Fsp3) is 0.120. The maximum atomic E-state index is 13.6. The third-order valence-corrected chi connectivity index (χ3v) is 6.65. The van der Waals surface area contributed by atoms with Gasteiger partial charge in [0.15, 0.2) is 16.9 Å². The molecule has 0 saturated carbocycles. The van der Waals surface area contributed by atoms with Crippen molar-refractivity contribution in [2.45, 2.75) is 12.6 Å². The minimum Gasteiger partial charge on any atom is -0.454 e. The highest BCUT2D eigenvalue weighted by Crippen LogP contribution is 2.40. The molecule has 1 aromatic heterocycles. The number of fused-ring (bicyclic) bond motifs is 3. The number of carbonyl (C=O) groups excluding carboxylic acids is 1. The first-order chi connectivity index (χ1) is 16.0. The van der Waals surface area contributed by atoms with Crippen molar-refractivity contribution in [1.82, 2.24) is 4.90 Å². The highest BCUT2D eigenvalue weighted by Gasteiger charge is 2.42. The molecule has 1 amide bonds. The van der Waals surface area contributed by atoms with Crippen LogP contribution in [0.15, 0.2) is 74.3 Å². The normalized spacial score (nSPS) is 16.5. The fourth-order valence-electron chi connectivity index (χ4n) is 4.38. The summed E-state index contributed by atoms with van der Waals surface area (Å²) >= 11 is 9.52. The number of benzene rings is 3. The van der Waals surface area contributed by atoms with Crippen LogP contribution < -0.4 is 14.9 Å². The van der Waals surface area contributed by atoms with Gasteiger partial charge in [0.05, 0.1) is 17.0 Å². The predicted octanol–water partition coefficient (Wildman–Crippen LogP) is 5.68. The summed E-state index contributed by atoms with van der Waals surface area (Å²) in [7, 11) is 0. The Hall–Kier alpha value is -3.29. The zero-order chi connectivity index (χ0) is 22.7. The van der Waals surface area contributed by atoms with E-state index in [-0.39, 0.29) is 30.4 Å². The molecule has 0 saturated heterocycles. The van der Waals surface area contributed by atoms with Crippen molar-refractivity contribution in [2.75, 3.05) is 6.79 Å². The van der Waals surface area contributed by atoms with Gasteiger partial charge in [-0.1, -0.05) is 45.7 Å². The number of hydrogen-bond donors (Lipinski definition) is 0. The lowest BCUT2D eigenvalue weighted by Gasteiger charge is -2.25. The van der Waals surface area contributed by atoms with E-state index in [1.807, 2.05) is 30.3 Å². The van der Waals surface area contributed by atoms with Crippen molar-refractivity contribution in [2.24, 2.45) is 0 Å². The number of rotatable bonds is 3. The van der Waals surface area contributed by atoms with E-state index in [1.54, 1.807) is 35.2 Å². The Morgan fingerprint density at radius 3 is 2.58 bits per heavy atom. The summed E-state index contributed by atoms with van der Waals surface area (Å²) < 4.78 is 17.6. The number of ether oxygens (including phenoxy) is 2. The van der Waals surface area contributed by atoms with E-state index in [4.69, 9.17) is 25.5 Å². The minimum atomic E-state index is -0.616. The molecule has 3 aromatic carbocycles. The van der Waals surface area contributed by atoms with Crippen LogP contribution in [-0.4, -0.2) is 17.6 Å². The highest BCUT2D eigenvalue weighted by atomic mass is 79.9. The van der Waals surface area contributed by atoms with Crippen LogP contribution >= 0.6 is 27.5 Å². The van der Waals surface area contributed by atoms with E-state index < -0.39 is 6.04 Å². The number of amides is 1. The zero-order valence-electron chi connectivity index (χ0n) is 17.0. The van der Waals surface area contributed by atoms with Gasteiger partial charge in [-0.05, 0) is 53.6 Å². The van der Waals surface area contributed by atoms with Gasteiger partial charge in [-0.3, -0.25) is 9.59 Å². The Morgan fingerprint density at radius 1 is 0.970 bits per heavy atom. The third-order valence-electron chi connectivity index (χ3n) is 5.90. The van der Waals surface area contributed by atoms with Gasteiger partial charge >= 0.3 is 0 Å². The molecule has 0 fully saturated rings. The summed E-state index contributed by atoms with van der Waals surface area (Å²) in [6.07, 6.45) is 0. The van der Waals surface area contributed by atoms with Gasteiger partial charge < -0.3 is 18.8 Å². The molecule has 0 aliphatic carbocycles. The van der Waals surface area contributed by atoms with E-state index in [2.05, 4.69) is 15.9 Å². The first-order valence-corrected chi connectivity index (χ1v) is 11.4. The molecule has 2 aliphatic rings. The summed E-state index contributed by atoms with van der Waals surface area (Å²) in [6, 6.07) is 17.3. The second kappa shape index (κ2) is 7.64. The SMILES string of the molecule is O=C1c2oc3ccc(Br)cc3c(=O)c2[C@@H](c2ccc(Cl)cc2)N1Cc1ccc2c(c1)OCO2. The lowest BCUT2D eigenvalue weighted by molar-refractivity contribution is 0.0714. The van der Waals surface area contributed by atoms with E-state index in [0.717, 1.165) is 15.6 Å². The lowest BCUT2D eigenvalue weighted by atomic mass is 9.98. The summed E-state index contributed by atoms with van der Waals surface area (Å²) in [5, 5.41) is 0.986. The summed E-state index contributed by atoms with van der Waals surface area (Å²) in [6.45, 7) is 0.424. The smallest absolute Gasteiger partial charge is 0.291 e. The molecule has 6 nitrogen and oxygen atoms in total. The maximum absolute atomic E-state index is 13.6. The van der Waals surface area contributed by atoms with Gasteiger partial charge in [0.25, 0.3) is 5.91 Å². The maximum Gasteiger partial charge on any atom is 0.291 e. The van der Waals surface area contributed by atoms with Crippen molar-refractivity contribution >= 4 is 44.4 Å². The van der Waals surface area contributed by atoms with Crippen LogP contribution in [0.1, 0.15) is 33.3 Å². The lowest BCUT2D eigenvalue weighted by Crippen LogP contribution is -2.29. The second-order valence-electron chi connectivity index (χ2n) is 7.89. The third kappa shape index (κ3) is 3.31. The summed E-state index contributed by atoms with van der Waals surface area (Å²) in [5.41, 5.74) is 2.09. The van der Waals surface area contributed by atoms with Gasteiger partial charge in [0.2, 0.25) is 12.6 Å². The van der Waals surface area contributed by atoms with Crippen LogP contribution in [-0.2, 0) is 6.54 Å². The molecule has 0 unspecified atom stereocenters. The largest absolute Gasteiger partial charge is 0.454 e. The molecule has 4 aromatic rings. The van der Waals surface area contributed by atoms with Crippen molar-refractivity contribution in [3.05, 3.63) is 103 Å². The predicted molar refractivity (Wildman–Crippen MR) is 126 cm³/mol.